The number of ketones is 1. The van der Waals surface area contributed by atoms with Gasteiger partial charge in [-0.1, -0.05) is 30.3 Å². The Hall–Kier alpha value is -3.30. The Bertz CT molecular complexity index is 1540. The first-order valence-electron chi connectivity index (χ1n) is 10.6. The van der Waals surface area contributed by atoms with Crippen molar-refractivity contribution in [1.82, 2.24) is 9.55 Å². The van der Waals surface area contributed by atoms with Crippen molar-refractivity contribution in [3.63, 3.8) is 0 Å². The van der Waals surface area contributed by atoms with Crippen molar-refractivity contribution in [1.29, 1.82) is 0 Å². The molecule has 4 aromatic rings. The van der Waals surface area contributed by atoms with E-state index in [1.807, 2.05) is 35.7 Å². The topological polar surface area (TPSA) is 89.3 Å². The third-order valence-corrected chi connectivity index (χ3v) is 8.58. The van der Waals surface area contributed by atoms with Crippen LogP contribution in [0, 0.1) is 0 Å². The van der Waals surface area contributed by atoms with Gasteiger partial charge in [0.05, 0.1) is 29.7 Å². The molecule has 0 aliphatic carbocycles. The summed E-state index contributed by atoms with van der Waals surface area (Å²) in [6.45, 7) is 1.86. The second-order valence-corrected chi connectivity index (χ2v) is 10.9. The predicted octanol–water partition coefficient (Wildman–Crippen LogP) is 3.72. The quantitative estimate of drug-likeness (QED) is 0.393. The molecule has 0 N–H and O–H groups in total. The third-order valence-electron chi connectivity index (χ3n) is 5.91. The van der Waals surface area contributed by atoms with Crippen molar-refractivity contribution in [2.45, 2.75) is 19.9 Å². The summed E-state index contributed by atoms with van der Waals surface area (Å²) in [5, 5.41) is 2.42. The minimum atomic E-state index is -3.35. The second-order valence-electron chi connectivity index (χ2n) is 7.86. The van der Waals surface area contributed by atoms with Crippen LogP contribution in [0.15, 0.2) is 65.0 Å². The lowest BCUT2D eigenvalue weighted by Gasteiger charge is -2.18. The van der Waals surface area contributed by atoms with E-state index in [2.05, 4.69) is 4.98 Å². The lowest BCUT2D eigenvalue weighted by Crippen LogP contribution is -2.30. The standard InChI is InChI=1S/C24H21N3O4S2/c1-2-33(30,31)27-11-10-17-12-18(8-9-20(17)27)21(28)13-26-15-25-23-22(24(26)29)19(14-32-23)16-6-4-3-5-7-16/h3-9,12,14-15H,2,10-11,13H2,1H3. The molecule has 0 saturated carbocycles. The van der Waals surface area contributed by atoms with E-state index in [9.17, 15) is 18.0 Å². The minimum absolute atomic E-state index is 0.0269. The molecule has 0 bridgehead atoms. The Balaban J connectivity index is 1.46. The molecule has 3 heterocycles. The van der Waals surface area contributed by atoms with Crippen LogP contribution in [0.5, 0.6) is 0 Å². The molecule has 2 aromatic carbocycles. The highest BCUT2D eigenvalue weighted by Gasteiger charge is 2.28. The molecule has 168 valence electrons. The molecule has 0 fully saturated rings. The van der Waals surface area contributed by atoms with Crippen LogP contribution in [-0.4, -0.2) is 36.0 Å². The fraction of sp³-hybridized carbons (Fsp3) is 0.208. The van der Waals surface area contributed by atoms with Gasteiger partial charge < -0.3 is 0 Å². The lowest BCUT2D eigenvalue weighted by molar-refractivity contribution is 0.0970. The number of benzene rings is 2. The molecule has 0 saturated heterocycles. The van der Waals surface area contributed by atoms with Crippen LogP contribution in [0.25, 0.3) is 21.3 Å². The molecular formula is C24H21N3O4S2. The number of aromatic nitrogens is 2. The Morgan fingerprint density at radius 3 is 2.70 bits per heavy atom. The Labute approximate surface area is 195 Å². The van der Waals surface area contributed by atoms with E-state index in [0.717, 1.165) is 16.7 Å². The van der Waals surface area contributed by atoms with Gasteiger partial charge in [0.15, 0.2) is 5.78 Å². The van der Waals surface area contributed by atoms with Crippen molar-refractivity contribution < 1.29 is 13.2 Å². The fourth-order valence-electron chi connectivity index (χ4n) is 4.15. The number of hydrogen-bond donors (Lipinski definition) is 0. The van der Waals surface area contributed by atoms with Crippen molar-refractivity contribution in [3.8, 4) is 11.1 Å². The lowest BCUT2D eigenvalue weighted by atomic mass is 10.0. The fourth-order valence-corrected chi connectivity index (χ4v) is 6.21. The highest BCUT2D eigenvalue weighted by atomic mass is 32.2. The second kappa shape index (κ2) is 8.24. The molecule has 0 amide bonds. The summed E-state index contributed by atoms with van der Waals surface area (Å²) in [6, 6.07) is 14.7. The average Bonchev–Trinajstić information content (AvgIpc) is 3.46. The summed E-state index contributed by atoms with van der Waals surface area (Å²) < 4.78 is 27.3. The highest BCUT2D eigenvalue weighted by Crippen LogP contribution is 2.32. The summed E-state index contributed by atoms with van der Waals surface area (Å²) in [4.78, 5) is 31.3. The van der Waals surface area contributed by atoms with Crippen LogP contribution in [-0.2, 0) is 23.0 Å². The number of sulfonamides is 1. The Morgan fingerprint density at radius 2 is 1.94 bits per heavy atom. The van der Waals surface area contributed by atoms with E-state index >= 15 is 0 Å². The van der Waals surface area contributed by atoms with E-state index in [1.165, 1.54) is 26.5 Å². The average molecular weight is 480 g/mol. The number of carbonyl (C=O) groups excluding carboxylic acids is 1. The number of hydrogen-bond acceptors (Lipinski definition) is 6. The van der Waals surface area contributed by atoms with E-state index in [4.69, 9.17) is 0 Å². The summed E-state index contributed by atoms with van der Waals surface area (Å²) in [7, 11) is -3.35. The van der Waals surface area contributed by atoms with Crippen LogP contribution in [0.1, 0.15) is 22.8 Å². The number of thiophene rings is 1. The molecule has 9 heteroatoms. The van der Waals surface area contributed by atoms with Crippen molar-refractivity contribution in [3.05, 3.63) is 81.7 Å². The molecule has 33 heavy (non-hydrogen) atoms. The molecule has 1 aliphatic rings. The molecule has 0 unspecified atom stereocenters. The van der Waals surface area contributed by atoms with Crippen LogP contribution < -0.4 is 9.86 Å². The van der Waals surface area contributed by atoms with Crippen LogP contribution in [0.3, 0.4) is 0 Å². The molecule has 1 aliphatic heterocycles. The number of nitrogens with zero attached hydrogens (tertiary/aromatic N) is 3. The predicted molar refractivity (Wildman–Crippen MR) is 131 cm³/mol. The zero-order chi connectivity index (χ0) is 23.2. The minimum Gasteiger partial charge on any atom is -0.292 e. The first-order chi connectivity index (χ1) is 15.9. The largest absolute Gasteiger partial charge is 0.292 e. The summed E-state index contributed by atoms with van der Waals surface area (Å²) in [6.07, 6.45) is 1.97. The van der Waals surface area contributed by atoms with Gasteiger partial charge in [0.25, 0.3) is 5.56 Å². The van der Waals surface area contributed by atoms with Crippen molar-refractivity contribution in [2.24, 2.45) is 0 Å². The molecule has 5 rings (SSSR count). The Kier molecular flexibility index (Phi) is 5.38. The normalized spacial score (nSPS) is 13.4. The van der Waals surface area contributed by atoms with Gasteiger partial charge in [-0.05, 0) is 42.7 Å². The molecular weight excluding hydrogens is 458 g/mol. The zero-order valence-electron chi connectivity index (χ0n) is 17.9. The van der Waals surface area contributed by atoms with Crippen molar-refractivity contribution >= 4 is 43.0 Å². The summed E-state index contributed by atoms with van der Waals surface area (Å²) in [5.41, 5.74) is 3.38. The van der Waals surface area contributed by atoms with E-state index in [1.54, 1.807) is 25.1 Å². The van der Waals surface area contributed by atoms with E-state index in [0.29, 0.717) is 34.4 Å². The first kappa shape index (κ1) is 21.5. The van der Waals surface area contributed by atoms with Gasteiger partial charge in [-0.2, -0.15) is 0 Å². The third kappa shape index (κ3) is 3.77. The monoisotopic (exact) mass is 479 g/mol. The molecule has 0 spiro atoms. The maximum atomic E-state index is 13.2. The van der Waals surface area contributed by atoms with Crippen LogP contribution in [0.4, 0.5) is 5.69 Å². The zero-order valence-corrected chi connectivity index (χ0v) is 19.5. The first-order valence-corrected chi connectivity index (χ1v) is 13.1. The number of anilines is 1. The number of Topliss-reactive ketones (excluding diaryl/α,β-unsaturated/α-hetero) is 1. The molecule has 0 radical (unpaired) electrons. The van der Waals surface area contributed by atoms with Gasteiger partial charge in [0, 0.05) is 23.1 Å². The number of rotatable bonds is 6. The molecule has 2 aromatic heterocycles. The Morgan fingerprint density at radius 1 is 1.15 bits per heavy atom. The maximum absolute atomic E-state index is 13.2. The van der Waals surface area contributed by atoms with Crippen LogP contribution in [0.2, 0.25) is 0 Å². The molecule has 7 nitrogen and oxygen atoms in total. The van der Waals surface area contributed by atoms with E-state index in [-0.39, 0.29) is 23.6 Å². The SMILES string of the molecule is CCS(=O)(=O)N1CCc2cc(C(=O)Cn3cnc4scc(-c5ccccc5)c4c3=O)ccc21. The highest BCUT2D eigenvalue weighted by molar-refractivity contribution is 7.92. The van der Waals surface area contributed by atoms with Crippen molar-refractivity contribution in [2.75, 3.05) is 16.6 Å². The summed E-state index contributed by atoms with van der Waals surface area (Å²) in [5.74, 6) is -0.201. The molecule has 0 atom stereocenters. The van der Waals surface area contributed by atoms with Gasteiger partial charge in [0.1, 0.15) is 4.83 Å². The number of fused-ring (bicyclic) bond motifs is 2. The van der Waals surface area contributed by atoms with Crippen LogP contribution >= 0.6 is 11.3 Å². The van der Waals surface area contributed by atoms with E-state index < -0.39 is 10.0 Å². The van der Waals surface area contributed by atoms with Gasteiger partial charge in [0.2, 0.25) is 10.0 Å². The number of carbonyl (C=O) groups is 1. The summed E-state index contributed by atoms with van der Waals surface area (Å²) >= 11 is 1.40. The maximum Gasteiger partial charge on any atom is 0.263 e. The smallest absolute Gasteiger partial charge is 0.263 e. The van der Waals surface area contributed by atoms with Gasteiger partial charge >= 0.3 is 0 Å². The van der Waals surface area contributed by atoms with Gasteiger partial charge in [-0.3, -0.25) is 18.5 Å². The van der Waals surface area contributed by atoms with Gasteiger partial charge in [-0.25, -0.2) is 13.4 Å². The van der Waals surface area contributed by atoms with Gasteiger partial charge in [-0.15, -0.1) is 11.3 Å².